The number of carbonyl (C=O) groups is 1. The number of rotatable bonds is 7. The third-order valence-corrected chi connectivity index (χ3v) is 8.33. The molecule has 4 aliphatic rings. The van der Waals surface area contributed by atoms with E-state index < -0.39 is 0 Å². The molecule has 2 N–H and O–H groups in total. The molecule has 0 spiro atoms. The lowest BCUT2D eigenvalue weighted by molar-refractivity contribution is -0.0145. The molecule has 0 radical (unpaired) electrons. The molecule has 35 heavy (non-hydrogen) atoms. The van der Waals surface area contributed by atoms with Gasteiger partial charge in [-0.2, -0.15) is 5.26 Å². The molecule has 6 nitrogen and oxygen atoms in total. The number of amides is 2. The Labute approximate surface area is 209 Å². The minimum absolute atomic E-state index is 0.197. The molecule has 2 aromatic rings. The highest BCUT2D eigenvalue weighted by Crippen LogP contribution is 2.37. The van der Waals surface area contributed by atoms with Crippen LogP contribution in [0.3, 0.4) is 0 Å². The second-order valence-electron chi connectivity index (χ2n) is 10.7. The zero-order chi connectivity index (χ0) is 24.0. The Bertz CT molecular complexity index is 1030. The van der Waals surface area contributed by atoms with Gasteiger partial charge in [0.2, 0.25) is 0 Å². The first-order chi connectivity index (χ1) is 17.2. The molecule has 6 rings (SSSR count). The van der Waals surface area contributed by atoms with Gasteiger partial charge in [-0.15, -0.1) is 0 Å². The van der Waals surface area contributed by atoms with Gasteiger partial charge in [-0.25, -0.2) is 4.79 Å². The summed E-state index contributed by atoms with van der Waals surface area (Å²) in [6, 6.07) is 20.3. The summed E-state index contributed by atoms with van der Waals surface area (Å²) in [5, 5.41) is 14.9. The maximum atomic E-state index is 12.4. The van der Waals surface area contributed by atoms with Crippen molar-refractivity contribution in [3.8, 4) is 6.07 Å². The summed E-state index contributed by atoms with van der Waals surface area (Å²) in [5.41, 5.74) is 2.68. The number of nitriles is 1. The molecule has 0 aromatic heterocycles. The van der Waals surface area contributed by atoms with Gasteiger partial charge in [0.15, 0.2) is 0 Å². The van der Waals surface area contributed by atoms with Gasteiger partial charge < -0.3 is 15.5 Å². The molecule has 2 amide bonds. The Morgan fingerprint density at radius 2 is 1.86 bits per heavy atom. The van der Waals surface area contributed by atoms with Crippen LogP contribution in [0.4, 0.5) is 10.5 Å². The molecule has 2 bridgehead atoms. The molecule has 6 heteroatoms. The van der Waals surface area contributed by atoms with E-state index in [0.29, 0.717) is 23.8 Å². The molecule has 4 aliphatic heterocycles. The molecule has 4 fully saturated rings. The smallest absolute Gasteiger partial charge is 0.319 e. The monoisotopic (exact) mass is 471 g/mol. The molecule has 4 saturated heterocycles. The van der Waals surface area contributed by atoms with Crippen LogP contribution in [0.15, 0.2) is 54.6 Å². The van der Waals surface area contributed by atoms with Gasteiger partial charge in [0, 0.05) is 31.4 Å². The lowest BCUT2D eigenvalue weighted by Crippen LogP contribution is -2.59. The number of benzene rings is 2. The molecular formula is C29H37N5O. The van der Waals surface area contributed by atoms with E-state index in [1.54, 1.807) is 18.2 Å². The van der Waals surface area contributed by atoms with Crippen molar-refractivity contribution in [2.75, 3.05) is 44.6 Å². The Morgan fingerprint density at radius 3 is 2.60 bits per heavy atom. The topological polar surface area (TPSA) is 71.4 Å². The van der Waals surface area contributed by atoms with Crippen LogP contribution in [0.1, 0.15) is 36.8 Å². The number of hydrogen-bond donors (Lipinski definition) is 2. The fraction of sp³-hybridized carbons (Fsp3) is 0.517. The second-order valence-corrected chi connectivity index (χ2v) is 10.7. The summed E-state index contributed by atoms with van der Waals surface area (Å²) in [5.74, 6) is 2.35. The summed E-state index contributed by atoms with van der Waals surface area (Å²) < 4.78 is 0. The van der Waals surface area contributed by atoms with E-state index in [-0.39, 0.29) is 6.03 Å². The van der Waals surface area contributed by atoms with Gasteiger partial charge in [-0.05, 0) is 93.3 Å². The number of fused-ring (bicyclic) bond motifs is 3. The second kappa shape index (κ2) is 11.2. The highest BCUT2D eigenvalue weighted by atomic mass is 16.2. The van der Waals surface area contributed by atoms with Crippen molar-refractivity contribution >= 4 is 11.7 Å². The van der Waals surface area contributed by atoms with E-state index in [2.05, 4.69) is 56.8 Å². The Hall–Kier alpha value is -2.88. The van der Waals surface area contributed by atoms with Crippen LogP contribution in [0.25, 0.3) is 0 Å². The standard InChI is InChI=1S/C29H37N5O/c30-18-24-7-4-8-27(16-24)32-29(35)31-19-28-17-25-11-14-34(28)21-26(25)20-33-12-9-23(10-13-33)15-22-5-2-1-3-6-22/h1-8,16,23,25-26,28H,9-15,17,19-21H2,(H2,31,32,35). The van der Waals surface area contributed by atoms with E-state index in [1.807, 2.05) is 6.07 Å². The fourth-order valence-corrected chi connectivity index (χ4v) is 6.37. The van der Waals surface area contributed by atoms with Crippen LogP contribution in [0, 0.1) is 29.1 Å². The highest BCUT2D eigenvalue weighted by molar-refractivity contribution is 5.89. The van der Waals surface area contributed by atoms with Crippen LogP contribution in [-0.2, 0) is 6.42 Å². The largest absolute Gasteiger partial charge is 0.336 e. The summed E-state index contributed by atoms with van der Waals surface area (Å²) in [6.45, 7) is 6.69. The zero-order valence-electron chi connectivity index (χ0n) is 20.5. The van der Waals surface area contributed by atoms with Gasteiger partial charge in [-0.1, -0.05) is 36.4 Å². The van der Waals surface area contributed by atoms with Crippen molar-refractivity contribution in [3.63, 3.8) is 0 Å². The lowest BCUT2D eigenvalue weighted by Gasteiger charge is -2.51. The normalized spacial score (nSPS) is 26.7. The number of urea groups is 1. The quantitative estimate of drug-likeness (QED) is 0.630. The first-order valence-corrected chi connectivity index (χ1v) is 13.2. The van der Waals surface area contributed by atoms with Crippen LogP contribution < -0.4 is 10.6 Å². The van der Waals surface area contributed by atoms with E-state index in [1.165, 1.54) is 57.3 Å². The summed E-state index contributed by atoms with van der Waals surface area (Å²) >= 11 is 0. The van der Waals surface area contributed by atoms with Gasteiger partial charge in [0.25, 0.3) is 0 Å². The predicted molar refractivity (Wildman–Crippen MR) is 139 cm³/mol. The number of likely N-dealkylation sites (tertiary alicyclic amines) is 1. The minimum Gasteiger partial charge on any atom is -0.336 e. The van der Waals surface area contributed by atoms with Gasteiger partial charge in [0.1, 0.15) is 0 Å². The van der Waals surface area contributed by atoms with Crippen molar-refractivity contribution in [2.45, 2.75) is 38.1 Å². The number of piperidine rings is 4. The van der Waals surface area contributed by atoms with E-state index in [0.717, 1.165) is 30.8 Å². The fourth-order valence-electron chi connectivity index (χ4n) is 6.37. The number of nitrogens with zero attached hydrogens (tertiary/aromatic N) is 3. The first kappa shape index (κ1) is 23.8. The highest BCUT2D eigenvalue weighted by Gasteiger charge is 2.40. The van der Waals surface area contributed by atoms with Crippen molar-refractivity contribution in [2.24, 2.45) is 17.8 Å². The van der Waals surface area contributed by atoms with E-state index >= 15 is 0 Å². The maximum Gasteiger partial charge on any atom is 0.319 e. The summed E-state index contributed by atoms with van der Waals surface area (Å²) in [7, 11) is 0. The number of anilines is 1. The summed E-state index contributed by atoms with van der Waals surface area (Å²) in [6.07, 6.45) is 6.32. The Kier molecular flexibility index (Phi) is 7.66. The van der Waals surface area contributed by atoms with Crippen molar-refractivity contribution < 1.29 is 4.79 Å². The summed E-state index contributed by atoms with van der Waals surface area (Å²) in [4.78, 5) is 17.7. The third kappa shape index (κ3) is 6.22. The average Bonchev–Trinajstić information content (AvgIpc) is 2.90. The van der Waals surface area contributed by atoms with Crippen molar-refractivity contribution in [3.05, 3.63) is 65.7 Å². The minimum atomic E-state index is -0.197. The molecule has 2 aromatic carbocycles. The first-order valence-electron chi connectivity index (χ1n) is 13.2. The van der Waals surface area contributed by atoms with Gasteiger partial charge in [0.05, 0.1) is 11.6 Å². The van der Waals surface area contributed by atoms with Crippen LogP contribution in [-0.4, -0.2) is 61.1 Å². The molecule has 4 atom stereocenters. The van der Waals surface area contributed by atoms with Crippen LogP contribution in [0.5, 0.6) is 0 Å². The SMILES string of the molecule is N#Cc1cccc(NC(=O)NCC2CC3CCN2CC3CN2CCC(Cc3ccccc3)CC2)c1. The van der Waals surface area contributed by atoms with Crippen molar-refractivity contribution in [1.82, 2.24) is 15.1 Å². The van der Waals surface area contributed by atoms with Gasteiger partial charge >= 0.3 is 6.03 Å². The molecule has 0 aliphatic carbocycles. The average molecular weight is 472 g/mol. The van der Waals surface area contributed by atoms with Gasteiger partial charge in [-0.3, -0.25) is 4.90 Å². The predicted octanol–water partition coefficient (Wildman–Crippen LogP) is 4.34. The Morgan fingerprint density at radius 1 is 1.03 bits per heavy atom. The maximum absolute atomic E-state index is 12.4. The Balaban J connectivity index is 1.04. The van der Waals surface area contributed by atoms with E-state index in [9.17, 15) is 4.79 Å². The molecular weight excluding hydrogens is 434 g/mol. The molecule has 4 heterocycles. The van der Waals surface area contributed by atoms with Crippen LogP contribution >= 0.6 is 0 Å². The number of carbonyl (C=O) groups excluding carboxylic acids is 1. The lowest BCUT2D eigenvalue weighted by atomic mass is 9.75. The number of nitrogens with one attached hydrogen (secondary N) is 2. The third-order valence-electron chi connectivity index (χ3n) is 8.33. The zero-order valence-corrected chi connectivity index (χ0v) is 20.5. The van der Waals surface area contributed by atoms with E-state index in [4.69, 9.17) is 5.26 Å². The van der Waals surface area contributed by atoms with Crippen LogP contribution in [0.2, 0.25) is 0 Å². The molecule has 0 saturated carbocycles. The number of hydrogen-bond acceptors (Lipinski definition) is 4. The molecule has 184 valence electrons. The molecule has 4 unspecified atom stereocenters. The van der Waals surface area contributed by atoms with Crippen molar-refractivity contribution in [1.29, 1.82) is 5.26 Å².